The maximum atomic E-state index is 15.0. The second kappa shape index (κ2) is 11.6. The van der Waals surface area contributed by atoms with E-state index in [2.05, 4.69) is 0 Å². The van der Waals surface area contributed by atoms with Crippen LogP contribution in [0.25, 0.3) is 11.1 Å². The molecule has 0 unspecified atom stereocenters. The predicted octanol–water partition coefficient (Wildman–Crippen LogP) is 9.53. The van der Waals surface area contributed by atoms with Gasteiger partial charge in [0.1, 0.15) is 11.6 Å². The molecule has 0 spiro atoms. The van der Waals surface area contributed by atoms with Crippen molar-refractivity contribution in [3.63, 3.8) is 0 Å². The lowest BCUT2D eigenvalue weighted by atomic mass is 9.93. The maximum absolute atomic E-state index is 15.0. The third kappa shape index (κ3) is 5.92. The standard InChI is InChI=1S/C30H28F6/c1-3-5-7-9-21-11-18-26(28(32)19-21)30(35,36)29(33,34)25-16-14-22(15-17-25)24-13-12-23(27(31)20-24)10-8-6-4-2/h3,5-6,8,11-20H,4,7,9-10H2,1-2H3/b5-3+,8-6+. The first-order valence-corrected chi connectivity index (χ1v) is 11.8. The summed E-state index contributed by atoms with van der Waals surface area (Å²) in [6.07, 6.45) is 9.67. The van der Waals surface area contributed by atoms with Crippen LogP contribution in [-0.2, 0) is 24.7 Å². The van der Waals surface area contributed by atoms with E-state index < -0.39 is 34.6 Å². The highest BCUT2D eigenvalue weighted by Gasteiger charge is 2.59. The molecule has 0 fully saturated rings. The first kappa shape index (κ1) is 27.3. The van der Waals surface area contributed by atoms with E-state index in [4.69, 9.17) is 0 Å². The molecule has 0 saturated heterocycles. The molecule has 0 radical (unpaired) electrons. The normalized spacial score (nSPS) is 12.7. The van der Waals surface area contributed by atoms with Gasteiger partial charge >= 0.3 is 11.8 Å². The minimum Gasteiger partial charge on any atom is -0.207 e. The van der Waals surface area contributed by atoms with Crippen molar-refractivity contribution in [1.82, 2.24) is 0 Å². The Hall–Kier alpha value is -3.28. The lowest BCUT2D eigenvalue weighted by Gasteiger charge is -2.28. The van der Waals surface area contributed by atoms with Crippen molar-refractivity contribution in [1.29, 1.82) is 0 Å². The summed E-state index contributed by atoms with van der Waals surface area (Å²) < 4.78 is 88.7. The van der Waals surface area contributed by atoms with Gasteiger partial charge in [0.05, 0.1) is 5.56 Å². The third-order valence-electron chi connectivity index (χ3n) is 5.98. The summed E-state index contributed by atoms with van der Waals surface area (Å²) in [5.41, 5.74) is -0.574. The van der Waals surface area contributed by atoms with Crippen LogP contribution < -0.4 is 0 Å². The predicted molar refractivity (Wildman–Crippen MR) is 132 cm³/mol. The average Bonchev–Trinajstić information content (AvgIpc) is 2.85. The van der Waals surface area contributed by atoms with E-state index in [1.807, 2.05) is 38.2 Å². The van der Waals surface area contributed by atoms with Crippen molar-refractivity contribution in [2.24, 2.45) is 0 Å². The molecule has 0 atom stereocenters. The van der Waals surface area contributed by atoms with Gasteiger partial charge in [0.2, 0.25) is 0 Å². The Morgan fingerprint density at radius 1 is 0.722 bits per heavy atom. The van der Waals surface area contributed by atoms with Gasteiger partial charge in [-0.05, 0) is 73.1 Å². The van der Waals surface area contributed by atoms with Gasteiger partial charge in [-0.3, -0.25) is 0 Å². The van der Waals surface area contributed by atoms with Crippen LogP contribution in [0.2, 0.25) is 0 Å². The molecule has 6 heteroatoms. The number of hydrogen-bond acceptors (Lipinski definition) is 0. The first-order valence-electron chi connectivity index (χ1n) is 11.8. The highest BCUT2D eigenvalue weighted by Crippen LogP contribution is 2.50. The monoisotopic (exact) mass is 502 g/mol. The molecule has 0 amide bonds. The van der Waals surface area contributed by atoms with Crippen molar-refractivity contribution >= 4 is 0 Å². The van der Waals surface area contributed by atoms with Crippen LogP contribution in [0.1, 0.15) is 48.9 Å². The van der Waals surface area contributed by atoms with E-state index in [0.29, 0.717) is 41.5 Å². The molecular weight excluding hydrogens is 474 g/mol. The summed E-state index contributed by atoms with van der Waals surface area (Å²) in [6, 6.07) is 11.6. The van der Waals surface area contributed by atoms with Crippen LogP contribution in [0.5, 0.6) is 0 Å². The summed E-state index contributed by atoms with van der Waals surface area (Å²) in [4.78, 5) is 0. The van der Waals surface area contributed by atoms with Gasteiger partial charge < -0.3 is 0 Å². The van der Waals surface area contributed by atoms with E-state index in [0.717, 1.165) is 30.7 Å². The summed E-state index contributed by atoms with van der Waals surface area (Å²) in [7, 11) is 0. The molecule has 36 heavy (non-hydrogen) atoms. The fourth-order valence-corrected chi connectivity index (χ4v) is 3.88. The number of rotatable bonds is 10. The highest BCUT2D eigenvalue weighted by atomic mass is 19.3. The van der Waals surface area contributed by atoms with Gasteiger partial charge in [-0.15, -0.1) is 0 Å². The quantitative estimate of drug-likeness (QED) is 0.191. The van der Waals surface area contributed by atoms with Crippen LogP contribution in [0, 0.1) is 11.6 Å². The van der Waals surface area contributed by atoms with Crippen LogP contribution in [-0.4, -0.2) is 0 Å². The van der Waals surface area contributed by atoms with E-state index >= 15 is 0 Å². The largest absolute Gasteiger partial charge is 0.342 e. The Kier molecular flexibility index (Phi) is 8.83. The zero-order valence-electron chi connectivity index (χ0n) is 20.2. The maximum Gasteiger partial charge on any atom is 0.342 e. The molecule has 0 aliphatic rings. The van der Waals surface area contributed by atoms with Gasteiger partial charge in [-0.25, -0.2) is 8.78 Å². The fraction of sp³-hybridized carbons (Fsp3) is 0.267. The number of alkyl halides is 4. The smallest absolute Gasteiger partial charge is 0.207 e. The van der Waals surface area contributed by atoms with Gasteiger partial charge in [0.15, 0.2) is 0 Å². The van der Waals surface area contributed by atoms with Gasteiger partial charge in [0.25, 0.3) is 0 Å². The number of halogens is 6. The summed E-state index contributed by atoms with van der Waals surface area (Å²) in [5, 5.41) is 0. The first-order chi connectivity index (χ1) is 17.1. The Balaban J connectivity index is 1.83. The van der Waals surface area contributed by atoms with Crippen LogP contribution in [0.15, 0.2) is 85.0 Å². The molecule has 0 aromatic heterocycles. The zero-order chi connectivity index (χ0) is 26.3. The Morgan fingerprint density at radius 2 is 1.42 bits per heavy atom. The summed E-state index contributed by atoms with van der Waals surface area (Å²) in [6.45, 7) is 3.79. The molecule has 190 valence electrons. The molecule has 0 nitrogen and oxygen atoms in total. The minimum absolute atomic E-state index is 0.393. The van der Waals surface area contributed by atoms with Crippen molar-refractivity contribution in [2.45, 2.75) is 51.4 Å². The number of hydrogen-bond donors (Lipinski definition) is 0. The molecule has 0 saturated carbocycles. The Bertz CT molecular complexity index is 1220. The molecule has 0 aliphatic carbocycles. The number of aryl methyl sites for hydroxylation is 1. The summed E-state index contributed by atoms with van der Waals surface area (Å²) in [5.74, 6) is -11.3. The highest BCUT2D eigenvalue weighted by molar-refractivity contribution is 5.64. The molecule has 3 aromatic carbocycles. The SMILES string of the molecule is C/C=C/CCc1ccc(C(F)(F)C(F)(F)c2ccc(-c3ccc(C/C=C/CC)c(F)c3)cc2)c(F)c1. The molecule has 0 heterocycles. The molecule has 0 N–H and O–H groups in total. The second-order valence-corrected chi connectivity index (χ2v) is 8.54. The van der Waals surface area contributed by atoms with Crippen molar-refractivity contribution in [3.8, 4) is 11.1 Å². The lowest BCUT2D eigenvalue weighted by molar-refractivity contribution is -0.225. The van der Waals surface area contributed by atoms with E-state index in [-0.39, 0.29) is 0 Å². The number of benzene rings is 3. The van der Waals surface area contributed by atoms with Crippen LogP contribution >= 0.6 is 0 Å². The summed E-state index contributed by atoms with van der Waals surface area (Å²) >= 11 is 0. The fourth-order valence-electron chi connectivity index (χ4n) is 3.88. The average molecular weight is 503 g/mol. The molecule has 0 aliphatic heterocycles. The molecule has 0 bridgehead atoms. The zero-order valence-corrected chi connectivity index (χ0v) is 20.2. The Labute approximate surface area is 208 Å². The second-order valence-electron chi connectivity index (χ2n) is 8.54. The topological polar surface area (TPSA) is 0 Å². The van der Waals surface area contributed by atoms with Crippen molar-refractivity contribution in [2.75, 3.05) is 0 Å². The molecule has 3 rings (SSSR count). The van der Waals surface area contributed by atoms with Gasteiger partial charge in [-0.1, -0.05) is 73.7 Å². The molecule has 3 aromatic rings. The van der Waals surface area contributed by atoms with Crippen molar-refractivity contribution < 1.29 is 26.3 Å². The van der Waals surface area contributed by atoms with E-state index in [9.17, 15) is 26.3 Å². The van der Waals surface area contributed by atoms with Crippen LogP contribution in [0.3, 0.4) is 0 Å². The third-order valence-corrected chi connectivity index (χ3v) is 5.98. The minimum atomic E-state index is -4.78. The lowest BCUT2D eigenvalue weighted by Crippen LogP contribution is -2.36. The van der Waals surface area contributed by atoms with Crippen molar-refractivity contribution in [3.05, 3.63) is 119 Å². The van der Waals surface area contributed by atoms with E-state index in [1.165, 1.54) is 24.3 Å². The number of allylic oxidation sites excluding steroid dienone is 4. The molecular formula is C30H28F6. The van der Waals surface area contributed by atoms with E-state index in [1.54, 1.807) is 12.1 Å². The van der Waals surface area contributed by atoms with Gasteiger partial charge in [-0.2, -0.15) is 17.6 Å². The van der Waals surface area contributed by atoms with Gasteiger partial charge in [0, 0.05) is 5.56 Å². The Morgan fingerprint density at radius 3 is 2.03 bits per heavy atom. The van der Waals surface area contributed by atoms with Crippen LogP contribution in [0.4, 0.5) is 26.3 Å².